The van der Waals surface area contributed by atoms with Crippen LogP contribution in [0.3, 0.4) is 0 Å². The monoisotopic (exact) mass is 480 g/mol. The lowest BCUT2D eigenvalue weighted by Gasteiger charge is -2.21. The van der Waals surface area contributed by atoms with Crippen LogP contribution in [-0.4, -0.2) is 54.5 Å². The van der Waals surface area contributed by atoms with E-state index in [0.717, 1.165) is 35.1 Å². The summed E-state index contributed by atoms with van der Waals surface area (Å²) < 4.78 is 10.8. The summed E-state index contributed by atoms with van der Waals surface area (Å²) in [6, 6.07) is 15.3. The largest absolute Gasteiger partial charge is 0.479 e. The molecule has 0 spiro atoms. The van der Waals surface area contributed by atoms with Crippen LogP contribution < -0.4 is 10.6 Å². The fourth-order valence-electron chi connectivity index (χ4n) is 4.95. The molecule has 1 aliphatic heterocycles. The Balaban J connectivity index is 1.34. The quantitative estimate of drug-likeness (QED) is 0.476. The summed E-state index contributed by atoms with van der Waals surface area (Å²) in [7, 11) is 0. The number of hydrogen-bond donors (Lipinski definition) is 3. The van der Waals surface area contributed by atoms with Gasteiger partial charge in [-0.25, -0.2) is 9.59 Å². The minimum absolute atomic E-state index is 0.0409. The third-order valence-electron chi connectivity index (χ3n) is 6.69. The van der Waals surface area contributed by atoms with E-state index < -0.39 is 30.3 Å². The lowest BCUT2D eigenvalue weighted by Crippen LogP contribution is -2.46. The van der Waals surface area contributed by atoms with Crippen LogP contribution in [0.4, 0.5) is 4.79 Å². The molecule has 35 heavy (non-hydrogen) atoms. The Bertz CT molecular complexity index is 1030. The van der Waals surface area contributed by atoms with E-state index in [1.54, 1.807) is 0 Å². The molecule has 1 fully saturated rings. The lowest BCUT2D eigenvalue weighted by molar-refractivity contribution is -0.148. The lowest BCUT2D eigenvalue weighted by atomic mass is 9.98. The molecule has 186 valence electrons. The second-order valence-corrected chi connectivity index (χ2v) is 9.11. The number of rotatable bonds is 10. The summed E-state index contributed by atoms with van der Waals surface area (Å²) in [6.45, 7) is 2.53. The predicted octanol–water partition coefficient (Wildman–Crippen LogP) is 3.83. The highest BCUT2D eigenvalue weighted by atomic mass is 16.5. The van der Waals surface area contributed by atoms with Crippen LogP contribution in [0.2, 0.25) is 0 Å². The number of hydrogen-bond acceptors (Lipinski definition) is 5. The van der Waals surface area contributed by atoms with Gasteiger partial charge in [-0.2, -0.15) is 0 Å². The Hall–Kier alpha value is -3.39. The fourth-order valence-corrected chi connectivity index (χ4v) is 4.95. The smallest absolute Gasteiger partial charge is 0.407 e. The van der Waals surface area contributed by atoms with Crippen LogP contribution in [0.15, 0.2) is 48.5 Å². The molecule has 2 amide bonds. The van der Waals surface area contributed by atoms with E-state index in [1.165, 1.54) is 0 Å². The Morgan fingerprint density at radius 1 is 1.09 bits per heavy atom. The van der Waals surface area contributed by atoms with Crippen molar-refractivity contribution < 1.29 is 29.0 Å². The molecule has 4 rings (SSSR count). The first kappa shape index (κ1) is 24.7. The van der Waals surface area contributed by atoms with E-state index in [-0.39, 0.29) is 24.9 Å². The number of carbonyl (C=O) groups excluding carboxylic acids is 2. The van der Waals surface area contributed by atoms with Gasteiger partial charge >= 0.3 is 12.1 Å². The van der Waals surface area contributed by atoms with Crippen LogP contribution in [0.5, 0.6) is 0 Å². The average molecular weight is 481 g/mol. The molecule has 1 aliphatic carbocycles. The van der Waals surface area contributed by atoms with E-state index in [0.29, 0.717) is 19.4 Å². The van der Waals surface area contributed by atoms with Crippen molar-refractivity contribution >= 4 is 18.0 Å². The van der Waals surface area contributed by atoms with Crippen LogP contribution in [0, 0.1) is 0 Å². The number of amides is 2. The first-order valence-corrected chi connectivity index (χ1v) is 12.2. The third kappa shape index (κ3) is 5.82. The molecule has 0 radical (unpaired) electrons. The van der Waals surface area contributed by atoms with Crippen molar-refractivity contribution in [2.45, 2.75) is 63.1 Å². The molecule has 2 aliphatic rings. The first-order valence-electron chi connectivity index (χ1n) is 12.2. The number of nitrogens with one attached hydrogen (secondary N) is 2. The summed E-state index contributed by atoms with van der Waals surface area (Å²) in [5, 5.41) is 14.8. The van der Waals surface area contributed by atoms with E-state index in [4.69, 9.17) is 9.47 Å². The normalized spacial score (nSPS) is 19.5. The molecule has 8 nitrogen and oxygen atoms in total. The Labute approximate surface area is 205 Å². The number of carbonyl (C=O) groups is 3. The minimum atomic E-state index is -1.09. The highest BCUT2D eigenvalue weighted by molar-refractivity contribution is 5.81. The topological polar surface area (TPSA) is 114 Å². The van der Waals surface area contributed by atoms with Crippen molar-refractivity contribution in [3.63, 3.8) is 0 Å². The molecule has 3 N–H and O–H groups in total. The summed E-state index contributed by atoms with van der Waals surface area (Å²) >= 11 is 0. The molecule has 8 heteroatoms. The fraction of sp³-hybridized carbons (Fsp3) is 0.444. The van der Waals surface area contributed by atoms with Crippen molar-refractivity contribution in [2.24, 2.45) is 0 Å². The predicted molar refractivity (Wildman–Crippen MR) is 130 cm³/mol. The summed E-state index contributed by atoms with van der Waals surface area (Å²) in [5.74, 6) is -1.44. The van der Waals surface area contributed by atoms with Gasteiger partial charge < -0.3 is 25.2 Å². The van der Waals surface area contributed by atoms with Gasteiger partial charge in [0.2, 0.25) is 5.91 Å². The molecule has 2 unspecified atom stereocenters. The van der Waals surface area contributed by atoms with Gasteiger partial charge in [0.05, 0.1) is 6.04 Å². The zero-order valence-corrected chi connectivity index (χ0v) is 19.9. The maximum atomic E-state index is 12.7. The van der Waals surface area contributed by atoms with E-state index >= 15 is 0 Å². The van der Waals surface area contributed by atoms with Gasteiger partial charge in [0.25, 0.3) is 0 Å². The molecular formula is C27H32N2O6. The summed E-state index contributed by atoms with van der Waals surface area (Å²) in [6.07, 6.45) is 1.28. The van der Waals surface area contributed by atoms with E-state index in [1.807, 2.05) is 31.2 Å². The van der Waals surface area contributed by atoms with Crippen molar-refractivity contribution in [2.75, 3.05) is 13.2 Å². The van der Waals surface area contributed by atoms with Gasteiger partial charge in [-0.1, -0.05) is 68.3 Å². The molecule has 3 atom stereocenters. The second-order valence-electron chi connectivity index (χ2n) is 9.11. The molecule has 1 saturated heterocycles. The maximum absolute atomic E-state index is 12.7. The van der Waals surface area contributed by atoms with Gasteiger partial charge in [0, 0.05) is 25.0 Å². The first-order chi connectivity index (χ1) is 17.0. The molecule has 2 aromatic rings. The molecule has 0 bridgehead atoms. The van der Waals surface area contributed by atoms with Crippen LogP contribution in [0.25, 0.3) is 11.1 Å². The number of unbranched alkanes of at least 4 members (excludes halogenated alkanes) is 1. The standard InChI is InChI=1S/C27H32N2O6/c1-2-3-8-17(15-24(30)29-23-13-14-34-25(23)26(31)32)28-27(33)35-16-22-20-11-6-4-9-18(20)19-10-5-7-12-21(19)22/h4-7,9-12,17,22-23,25H,2-3,8,13-16H2,1H3,(H,28,33)(H,29,30)(H,31,32)/t17-,23?,25?/m0/s1. The molecule has 0 aromatic heterocycles. The molecular weight excluding hydrogens is 448 g/mol. The van der Waals surface area contributed by atoms with Crippen molar-refractivity contribution in [3.05, 3.63) is 59.7 Å². The van der Waals surface area contributed by atoms with Crippen molar-refractivity contribution in [1.82, 2.24) is 10.6 Å². The number of alkyl carbamates (subject to hydrolysis) is 1. The molecule has 1 heterocycles. The Morgan fingerprint density at radius 2 is 1.74 bits per heavy atom. The third-order valence-corrected chi connectivity index (χ3v) is 6.69. The highest BCUT2D eigenvalue weighted by Gasteiger charge is 2.35. The zero-order valence-electron chi connectivity index (χ0n) is 19.9. The maximum Gasteiger partial charge on any atom is 0.407 e. The summed E-state index contributed by atoms with van der Waals surface area (Å²) in [5.41, 5.74) is 4.58. The Kier molecular flexibility index (Phi) is 8.02. The van der Waals surface area contributed by atoms with Crippen LogP contribution in [-0.2, 0) is 19.1 Å². The number of ether oxygens (including phenoxy) is 2. The SMILES string of the molecule is CCCC[C@@H](CC(=O)NC1CCOC1C(=O)O)NC(=O)OCC1c2ccccc2-c2ccccc21. The average Bonchev–Trinajstić information content (AvgIpc) is 3.44. The second kappa shape index (κ2) is 11.4. The molecule has 2 aromatic carbocycles. The van der Waals surface area contributed by atoms with Gasteiger partial charge in [-0.15, -0.1) is 0 Å². The number of aliphatic carboxylic acids is 1. The molecule has 0 saturated carbocycles. The number of benzene rings is 2. The van der Waals surface area contributed by atoms with Gasteiger partial charge in [0.1, 0.15) is 6.61 Å². The van der Waals surface area contributed by atoms with E-state index in [9.17, 15) is 19.5 Å². The Morgan fingerprint density at radius 3 is 2.37 bits per heavy atom. The van der Waals surface area contributed by atoms with Crippen molar-refractivity contribution in [3.8, 4) is 11.1 Å². The number of fused-ring (bicyclic) bond motifs is 3. The highest BCUT2D eigenvalue weighted by Crippen LogP contribution is 2.44. The van der Waals surface area contributed by atoms with Gasteiger partial charge in [-0.05, 0) is 35.1 Å². The van der Waals surface area contributed by atoms with Gasteiger partial charge in [-0.3, -0.25) is 4.79 Å². The van der Waals surface area contributed by atoms with Gasteiger partial charge in [0.15, 0.2) is 6.10 Å². The van der Waals surface area contributed by atoms with Crippen LogP contribution >= 0.6 is 0 Å². The van der Waals surface area contributed by atoms with E-state index in [2.05, 4.69) is 34.9 Å². The van der Waals surface area contributed by atoms with Crippen LogP contribution in [0.1, 0.15) is 56.1 Å². The number of carboxylic acids is 1. The minimum Gasteiger partial charge on any atom is -0.479 e. The van der Waals surface area contributed by atoms with Crippen molar-refractivity contribution in [1.29, 1.82) is 0 Å². The number of carboxylic acid groups (broad SMARTS) is 1. The summed E-state index contributed by atoms with van der Waals surface area (Å²) in [4.78, 5) is 36.6. The zero-order chi connectivity index (χ0) is 24.8.